The van der Waals surface area contributed by atoms with E-state index in [0.717, 1.165) is 43.1 Å². The highest BCUT2D eigenvalue weighted by atomic mass is 19.2. The van der Waals surface area contributed by atoms with E-state index in [2.05, 4.69) is 19.1 Å². The van der Waals surface area contributed by atoms with Gasteiger partial charge in [0, 0.05) is 0 Å². The summed E-state index contributed by atoms with van der Waals surface area (Å²) in [5.74, 6) is 2.54. The number of ether oxygens (including phenoxy) is 2. The molecule has 2 atom stereocenters. The highest BCUT2D eigenvalue weighted by molar-refractivity contribution is 5.31. The number of rotatable bonds is 10. The summed E-state index contributed by atoms with van der Waals surface area (Å²) >= 11 is 0. The lowest BCUT2D eigenvalue weighted by atomic mass is 9.66. The first kappa shape index (κ1) is 27.6. The van der Waals surface area contributed by atoms with Crippen LogP contribution in [0.4, 0.5) is 8.78 Å². The summed E-state index contributed by atoms with van der Waals surface area (Å²) in [6, 6.07) is 3.28. The van der Waals surface area contributed by atoms with Crippen molar-refractivity contribution < 1.29 is 18.3 Å². The zero-order chi connectivity index (χ0) is 25.3. The maximum atomic E-state index is 14.4. The molecule has 0 amide bonds. The molecule has 2 nitrogen and oxygen atoms in total. The van der Waals surface area contributed by atoms with Crippen molar-refractivity contribution >= 4 is 0 Å². The molecule has 0 aromatic heterocycles. The molecule has 2 saturated carbocycles. The molecule has 1 heterocycles. The van der Waals surface area contributed by atoms with Crippen LogP contribution in [0.25, 0.3) is 0 Å². The molecule has 202 valence electrons. The molecule has 0 spiro atoms. The minimum Gasteiger partial charge on any atom is -0.491 e. The van der Waals surface area contributed by atoms with E-state index in [1.165, 1.54) is 70.6 Å². The van der Waals surface area contributed by atoms with Gasteiger partial charge in [0.05, 0.1) is 19.3 Å². The number of hydrogen-bond acceptors (Lipinski definition) is 2. The molecule has 1 saturated heterocycles. The molecule has 2 aliphatic carbocycles. The van der Waals surface area contributed by atoms with Crippen LogP contribution in [0.15, 0.2) is 24.3 Å². The lowest BCUT2D eigenvalue weighted by Crippen LogP contribution is -2.34. The van der Waals surface area contributed by atoms with Crippen molar-refractivity contribution in [2.24, 2.45) is 29.6 Å². The Kier molecular flexibility index (Phi) is 10.7. The van der Waals surface area contributed by atoms with Gasteiger partial charge in [0.2, 0.25) is 5.82 Å². The quantitative estimate of drug-likeness (QED) is 0.297. The second-order valence-corrected chi connectivity index (χ2v) is 11.7. The Hall–Kier alpha value is -1.42. The van der Waals surface area contributed by atoms with Crippen molar-refractivity contribution in [2.75, 3.05) is 13.2 Å². The zero-order valence-electron chi connectivity index (χ0n) is 22.7. The van der Waals surface area contributed by atoms with Crippen molar-refractivity contribution in [3.8, 4) is 5.75 Å². The van der Waals surface area contributed by atoms with Crippen LogP contribution in [0, 0.1) is 41.2 Å². The molecular formula is C32H48F2O2. The Morgan fingerprint density at radius 3 is 2.08 bits per heavy atom. The fourth-order valence-electron chi connectivity index (χ4n) is 7.30. The van der Waals surface area contributed by atoms with Crippen molar-refractivity contribution in [1.29, 1.82) is 0 Å². The second-order valence-electron chi connectivity index (χ2n) is 11.7. The smallest absolute Gasteiger partial charge is 0.200 e. The molecular weight excluding hydrogens is 454 g/mol. The Labute approximate surface area is 218 Å². The maximum Gasteiger partial charge on any atom is 0.200 e. The van der Waals surface area contributed by atoms with Gasteiger partial charge < -0.3 is 9.47 Å². The van der Waals surface area contributed by atoms with Gasteiger partial charge in [-0.25, -0.2) is 4.39 Å². The van der Waals surface area contributed by atoms with Crippen LogP contribution in [-0.2, 0) is 11.2 Å². The summed E-state index contributed by atoms with van der Waals surface area (Å²) in [7, 11) is 0. The molecule has 2 unspecified atom stereocenters. The number of hydrogen-bond donors (Lipinski definition) is 0. The van der Waals surface area contributed by atoms with E-state index in [1.807, 2.05) is 0 Å². The van der Waals surface area contributed by atoms with Crippen LogP contribution in [0.3, 0.4) is 0 Å². The third kappa shape index (κ3) is 7.33. The third-order valence-electron chi connectivity index (χ3n) is 9.59. The van der Waals surface area contributed by atoms with Crippen LogP contribution in [-0.4, -0.2) is 19.3 Å². The molecule has 1 aromatic rings. The minimum atomic E-state index is -0.835. The van der Waals surface area contributed by atoms with Gasteiger partial charge in [-0.15, -0.1) is 0 Å². The number of halogens is 2. The Morgan fingerprint density at radius 1 is 0.833 bits per heavy atom. The van der Waals surface area contributed by atoms with Gasteiger partial charge >= 0.3 is 0 Å². The lowest BCUT2D eigenvalue weighted by Gasteiger charge is -2.41. The first-order chi connectivity index (χ1) is 17.6. The Balaban J connectivity index is 1.14. The molecule has 36 heavy (non-hydrogen) atoms. The lowest BCUT2D eigenvalue weighted by molar-refractivity contribution is -0.0431. The highest BCUT2D eigenvalue weighted by Gasteiger charge is 2.35. The van der Waals surface area contributed by atoms with Crippen LogP contribution < -0.4 is 4.74 Å². The molecule has 4 rings (SSSR count). The highest BCUT2D eigenvalue weighted by Crippen LogP contribution is 2.45. The molecule has 1 aromatic carbocycles. The zero-order valence-corrected chi connectivity index (χ0v) is 22.7. The predicted molar refractivity (Wildman–Crippen MR) is 143 cm³/mol. The summed E-state index contributed by atoms with van der Waals surface area (Å²) in [6.07, 6.45) is 22.1. The van der Waals surface area contributed by atoms with E-state index >= 15 is 0 Å². The summed E-state index contributed by atoms with van der Waals surface area (Å²) in [6.45, 7) is 5.20. The average Bonchev–Trinajstić information content (AvgIpc) is 2.92. The van der Waals surface area contributed by atoms with E-state index in [-0.39, 0.29) is 5.75 Å². The van der Waals surface area contributed by atoms with Gasteiger partial charge in [-0.3, -0.25) is 0 Å². The Morgan fingerprint density at radius 2 is 1.47 bits per heavy atom. The molecule has 3 aliphatic rings. The van der Waals surface area contributed by atoms with Crippen LogP contribution in [0.2, 0.25) is 0 Å². The van der Waals surface area contributed by atoms with E-state index in [0.29, 0.717) is 30.6 Å². The van der Waals surface area contributed by atoms with Crippen molar-refractivity contribution in [3.63, 3.8) is 0 Å². The van der Waals surface area contributed by atoms with Crippen LogP contribution in [0.1, 0.15) is 103 Å². The van der Waals surface area contributed by atoms with Gasteiger partial charge in [-0.2, -0.15) is 4.39 Å². The van der Waals surface area contributed by atoms with Gasteiger partial charge in [0.25, 0.3) is 0 Å². The average molecular weight is 503 g/mol. The fraction of sp³-hybridized carbons (Fsp3) is 0.750. The first-order valence-corrected chi connectivity index (χ1v) is 14.9. The van der Waals surface area contributed by atoms with Gasteiger partial charge in [0.1, 0.15) is 0 Å². The van der Waals surface area contributed by atoms with Crippen molar-refractivity contribution in [3.05, 3.63) is 41.5 Å². The maximum absolute atomic E-state index is 14.4. The molecule has 3 fully saturated rings. The summed E-state index contributed by atoms with van der Waals surface area (Å²) < 4.78 is 40.0. The first-order valence-electron chi connectivity index (χ1n) is 14.9. The molecule has 0 N–H and O–H groups in total. The van der Waals surface area contributed by atoms with Crippen molar-refractivity contribution in [1.82, 2.24) is 0 Å². The normalized spacial score (nSPS) is 31.6. The largest absolute Gasteiger partial charge is 0.491 e. The van der Waals surface area contributed by atoms with E-state index in [1.54, 1.807) is 19.1 Å². The number of allylic oxidation sites excluding steroid dienone is 2. The standard InChI is InChI=1S/C32H48F2O2/c1-3-5-6-7-29-20-18-28(22-36-29)26-16-14-25(15-17-26)24-11-8-23(9-12-24)10-13-27-19-21-30(35-4-2)32(34)31(27)33/h3,5,19,21,23-26,28-29H,4,6-18,20,22H2,1-2H3/b5-3+. The van der Waals surface area contributed by atoms with E-state index < -0.39 is 11.6 Å². The molecule has 1 aliphatic heterocycles. The number of aryl methyl sites for hydroxylation is 1. The monoisotopic (exact) mass is 502 g/mol. The fourth-order valence-corrected chi connectivity index (χ4v) is 7.30. The topological polar surface area (TPSA) is 18.5 Å². The summed E-state index contributed by atoms with van der Waals surface area (Å²) in [5, 5.41) is 0. The number of benzene rings is 1. The van der Waals surface area contributed by atoms with Crippen LogP contribution >= 0.6 is 0 Å². The van der Waals surface area contributed by atoms with Crippen molar-refractivity contribution in [2.45, 2.75) is 110 Å². The summed E-state index contributed by atoms with van der Waals surface area (Å²) in [4.78, 5) is 0. The second kappa shape index (κ2) is 13.9. The van der Waals surface area contributed by atoms with Gasteiger partial charge in [-0.1, -0.05) is 31.1 Å². The van der Waals surface area contributed by atoms with E-state index in [4.69, 9.17) is 9.47 Å². The Bertz CT molecular complexity index is 814. The predicted octanol–water partition coefficient (Wildman–Crippen LogP) is 9.06. The molecule has 0 radical (unpaired) electrons. The van der Waals surface area contributed by atoms with Crippen LogP contribution in [0.5, 0.6) is 5.75 Å². The molecule has 4 heteroatoms. The summed E-state index contributed by atoms with van der Waals surface area (Å²) in [5.41, 5.74) is 0.493. The van der Waals surface area contributed by atoms with Gasteiger partial charge in [0.15, 0.2) is 11.6 Å². The minimum absolute atomic E-state index is 0.0225. The molecule has 0 bridgehead atoms. The SMILES string of the molecule is C/C=C/CCC1CCC(C2CCC(C3CCC(CCc4ccc(OCC)c(F)c4F)CC3)CC2)CO1. The third-order valence-corrected chi connectivity index (χ3v) is 9.59. The van der Waals surface area contributed by atoms with Gasteiger partial charge in [-0.05, 0) is 132 Å². The van der Waals surface area contributed by atoms with E-state index in [9.17, 15) is 8.78 Å².